The molecule has 1 heterocycles. The normalized spacial score (nSPS) is 21.4. The van der Waals surface area contributed by atoms with Gasteiger partial charge in [-0.05, 0) is 24.5 Å². The van der Waals surface area contributed by atoms with Gasteiger partial charge in [0.05, 0.1) is 12.1 Å². The summed E-state index contributed by atoms with van der Waals surface area (Å²) in [5.74, 6) is 0. The predicted octanol–water partition coefficient (Wildman–Crippen LogP) is 0.786. The molecule has 2 N–H and O–H groups in total. The Morgan fingerprint density at radius 2 is 2.21 bits per heavy atom. The summed E-state index contributed by atoms with van der Waals surface area (Å²) in [5.41, 5.74) is 7.84. The number of nitrogens with zero attached hydrogens (tertiary/aromatic N) is 2. The Morgan fingerprint density at radius 3 is 2.84 bits per heavy atom. The summed E-state index contributed by atoms with van der Waals surface area (Å²) in [7, 11) is -3.62. The van der Waals surface area contributed by atoms with Crippen LogP contribution in [0.4, 0.5) is 0 Å². The second-order valence-electron chi connectivity index (χ2n) is 4.63. The van der Waals surface area contributed by atoms with Crippen LogP contribution in [0.1, 0.15) is 24.1 Å². The molecule has 0 saturated carbocycles. The van der Waals surface area contributed by atoms with E-state index in [1.54, 1.807) is 6.07 Å². The number of sulfonamides is 1. The highest BCUT2D eigenvalue weighted by Crippen LogP contribution is 2.32. The quantitative estimate of drug-likeness (QED) is 0.886. The lowest BCUT2D eigenvalue weighted by molar-refractivity contribution is 0.312. The fraction of sp³-hybridized carbons (Fsp3) is 0.462. The van der Waals surface area contributed by atoms with Gasteiger partial charge in [-0.15, -0.1) is 0 Å². The van der Waals surface area contributed by atoms with Crippen molar-refractivity contribution in [2.45, 2.75) is 24.6 Å². The number of benzene rings is 1. The lowest BCUT2D eigenvalue weighted by atomic mass is 9.94. The highest BCUT2D eigenvalue weighted by molar-refractivity contribution is 7.90. The fourth-order valence-corrected chi connectivity index (χ4v) is 3.89. The molecule has 0 bridgehead atoms. The Kier molecular flexibility index (Phi) is 3.90. The maximum Gasteiger partial charge on any atom is 0.230 e. The molecule has 102 valence electrons. The zero-order chi connectivity index (χ0) is 14.0. The molecule has 0 fully saturated rings. The van der Waals surface area contributed by atoms with E-state index in [9.17, 15) is 8.42 Å². The molecule has 0 amide bonds. The smallest absolute Gasteiger partial charge is 0.230 e. The Labute approximate surface area is 113 Å². The molecule has 2 unspecified atom stereocenters. The van der Waals surface area contributed by atoms with Crippen molar-refractivity contribution in [2.75, 3.05) is 13.1 Å². The van der Waals surface area contributed by atoms with Crippen molar-refractivity contribution >= 4 is 10.0 Å². The van der Waals surface area contributed by atoms with Crippen molar-refractivity contribution in [1.29, 1.82) is 5.26 Å². The Balaban J connectivity index is 2.44. The zero-order valence-corrected chi connectivity index (χ0v) is 11.6. The summed E-state index contributed by atoms with van der Waals surface area (Å²) in [6, 6.07) is 9.15. The number of hydrogen-bond acceptors (Lipinski definition) is 4. The van der Waals surface area contributed by atoms with Crippen LogP contribution >= 0.6 is 0 Å². The van der Waals surface area contributed by atoms with Crippen LogP contribution in [0.3, 0.4) is 0 Å². The highest BCUT2D eigenvalue weighted by atomic mass is 32.2. The topological polar surface area (TPSA) is 87.2 Å². The van der Waals surface area contributed by atoms with E-state index in [1.807, 2.05) is 24.3 Å². The molecule has 0 spiro atoms. The van der Waals surface area contributed by atoms with Gasteiger partial charge in [0.2, 0.25) is 10.0 Å². The van der Waals surface area contributed by atoms with E-state index in [2.05, 4.69) is 0 Å². The number of nitrogens with two attached hydrogens (primary N) is 1. The third-order valence-electron chi connectivity index (χ3n) is 3.54. The first-order valence-electron chi connectivity index (χ1n) is 6.20. The molecule has 0 aromatic heterocycles. The number of hydrogen-bond donors (Lipinski definition) is 1. The summed E-state index contributed by atoms with van der Waals surface area (Å²) in [4.78, 5) is 0. The van der Waals surface area contributed by atoms with Crippen LogP contribution in [0.5, 0.6) is 0 Å². The largest absolute Gasteiger partial charge is 0.329 e. The van der Waals surface area contributed by atoms with E-state index in [4.69, 9.17) is 11.0 Å². The monoisotopic (exact) mass is 279 g/mol. The van der Waals surface area contributed by atoms with Crippen molar-refractivity contribution < 1.29 is 8.42 Å². The van der Waals surface area contributed by atoms with Gasteiger partial charge in [0.25, 0.3) is 0 Å². The van der Waals surface area contributed by atoms with Gasteiger partial charge in [-0.2, -0.15) is 9.57 Å². The Hall–Kier alpha value is -1.42. The molecule has 2 rings (SSSR count). The zero-order valence-electron chi connectivity index (χ0n) is 10.8. The third kappa shape index (κ3) is 2.37. The minimum atomic E-state index is -3.62. The second kappa shape index (κ2) is 5.29. The van der Waals surface area contributed by atoms with Crippen LogP contribution in [0, 0.1) is 11.3 Å². The molecular formula is C13H17N3O2S. The van der Waals surface area contributed by atoms with Crippen LogP contribution in [0.15, 0.2) is 24.3 Å². The molecule has 0 radical (unpaired) electrons. The van der Waals surface area contributed by atoms with Gasteiger partial charge in [0, 0.05) is 13.1 Å². The van der Waals surface area contributed by atoms with Gasteiger partial charge in [-0.25, -0.2) is 8.42 Å². The first-order chi connectivity index (χ1) is 9.02. The second-order valence-corrected chi connectivity index (χ2v) is 6.83. The van der Waals surface area contributed by atoms with E-state index in [0.29, 0.717) is 13.0 Å². The molecule has 19 heavy (non-hydrogen) atoms. The Bertz CT molecular complexity index is 607. The van der Waals surface area contributed by atoms with Gasteiger partial charge in [0.1, 0.15) is 0 Å². The molecule has 1 aliphatic rings. The summed E-state index contributed by atoms with van der Waals surface area (Å²) >= 11 is 0. The predicted molar refractivity (Wildman–Crippen MR) is 72.6 cm³/mol. The van der Waals surface area contributed by atoms with Crippen molar-refractivity contribution in [3.63, 3.8) is 0 Å². The molecule has 1 aromatic carbocycles. The maximum atomic E-state index is 12.3. The maximum absolute atomic E-state index is 12.3. The van der Waals surface area contributed by atoms with E-state index in [1.165, 1.54) is 11.2 Å². The molecule has 0 aliphatic carbocycles. The Morgan fingerprint density at radius 1 is 1.53 bits per heavy atom. The summed E-state index contributed by atoms with van der Waals surface area (Å²) in [5, 5.41) is 7.82. The van der Waals surface area contributed by atoms with Gasteiger partial charge in [-0.1, -0.05) is 24.3 Å². The van der Waals surface area contributed by atoms with Crippen molar-refractivity contribution in [2.24, 2.45) is 5.73 Å². The molecule has 0 saturated heterocycles. The highest BCUT2D eigenvalue weighted by Gasteiger charge is 2.37. The van der Waals surface area contributed by atoms with E-state index >= 15 is 0 Å². The van der Waals surface area contributed by atoms with E-state index < -0.39 is 15.3 Å². The van der Waals surface area contributed by atoms with Gasteiger partial charge in [-0.3, -0.25) is 0 Å². The average molecular weight is 279 g/mol. The lowest BCUT2D eigenvalue weighted by Gasteiger charge is -2.36. The molecule has 2 atom stereocenters. The number of fused-ring (bicyclic) bond motifs is 1. The van der Waals surface area contributed by atoms with Gasteiger partial charge < -0.3 is 5.73 Å². The third-order valence-corrected chi connectivity index (χ3v) is 5.63. The SMILES string of the molecule is CC(C#N)S(=O)(=O)N1CCc2ccccc2C1CN. The fourth-order valence-electron chi connectivity index (χ4n) is 2.45. The molecule has 5 nitrogen and oxygen atoms in total. The molecule has 1 aliphatic heterocycles. The van der Waals surface area contributed by atoms with Crippen LogP contribution in [-0.4, -0.2) is 31.1 Å². The van der Waals surface area contributed by atoms with Crippen LogP contribution in [-0.2, 0) is 16.4 Å². The summed E-state index contributed by atoms with van der Waals surface area (Å²) < 4.78 is 26.1. The minimum Gasteiger partial charge on any atom is -0.329 e. The lowest BCUT2D eigenvalue weighted by Crippen LogP contribution is -2.46. The van der Waals surface area contributed by atoms with Gasteiger partial charge in [0.15, 0.2) is 5.25 Å². The van der Waals surface area contributed by atoms with Crippen LogP contribution in [0.25, 0.3) is 0 Å². The summed E-state index contributed by atoms with van der Waals surface area (Å²) in [6.07, 6.45) is 0.657. The van der Waals surface area contributed by atoms with Gasteiger partial charge >= 0.3 is 0 Å². The summed E-state index contributed by atoms with van der Waals surface area (Å²) in [6.45, 7) is 2.01. The van der Waals surface area contributed by atoms with Crippen molar-refractivity contribution in [3.05, 3.63) is 35.4 Å². The molecular weight excluding hydrogens is 262 g/mol. The van der Waals surface area contributed by atoms with E-state index in [-0.39, 0.29) is 12.6 Å². The average Bonchev–Trinajstić information content (AvgIpc) is 2.44. The molecule has 6 heteroatoms. The standard InChI is InChI=1S/C13H17N3O2S/c1-10(8-14)19(17,18)16-7-6-11-4-2-3-5-12(11)13(16)9-15/h2-5,10,13H,6-7,9,15H2,1H3. The first-order valence-corrected chi connectivity index (χ1v) is 7.70. The van der Waals surface area contributed by atoms with E-state index in [0.717, 1.165) is 11.1 Å². The number of nitriles is 1. The first kappa shape index (κ1) is 14.0. The minimum absolute atomic E-state index is 0.217. The number of rotatable bonds is 3. The van der Waals surface area contributed by atoms with Crippen molar-refractivity contribution in [3.8, 4) is 6.07 Å². The van der Waals surface area contributed by atoms with Crippen LogP contribution in [0.2, 0.25) is 0 Å². The van der Waals surface area contributed by atoms with Crippen LogP contribution < -0.4 is 5.73 Å². The molecule has 1 aromatic rings. The van der Waals surface area contributed by atoms with Crippen molar-refractivity contribution in [1.82, 2.24) is 4.31 Å².